The molecule has 152 valence electrons. The number of tetrazole rings is 1. The van der Waals surface area contributed by atoms with Crippen LogP contribution < -0.4 is 11.0 Å². The van der Waals surface area contributed by atoms with Gasteiger partial charge in [0.2, 0.25) is 5.91 Å². The zero-order valence-electron chi connectivity index (χ0n) is 15.8. The molecule has 0 radical (unpaired) electrons. The number of hydrogen-bond acceptors (Lipinski definition) is 7. The smallest absolute Gasteiger partial charge is 0.369 e. The minimum absolute atomic E-state index is 0.0880. The predicted molar refractivity (Wildman–Crippen MR) is 108 cm³/mol. The number of hydrogen-bond donors (Lipinski definition) is 1. The molecule has 10 heteroatoms. The van der Waals surface area contributed by atoms with Crippen LogP contribution in [0.4, 0.5) is 0 Å². The average Bonchev–Trinajstić information content (AvgIpc) is 3.38. The van der Waals surface area contributed by atoms with E-state index in [4.69, 9.17) is 4.74 Å². The number of amides is 1. The molecule has 1 N–H and O–H groups in total. The summed E-state index contributed by atoms with van der Waals surface area (Å²) >= 11 is 1.38. The topological polar surface area (TPSA) is 94.3 Å². The van der Waals surface area contributed by atoms with Gasteiger partial charge in [-0.3, -0.25) is 9.69 Å². The highest BCUT2D eigenvalue weighted by molar-refractivity contribution is 7.12. The van der Waals surface area contributed by atoms with Crippen molar-refractivity contribution >= 4 is 17.2 Å². The predicted octanol–water partition coefficient (Wildman–Crippen LogP) is 0.508. The van der Waals surface area contributed by atoms with E-state index in [0.29, 0.717) is 18.2 Å². The van der Waals surface area contributed by atoms with Gasteiger partial charge in [0, 0.05) is 26.2 Å². The van der Waals surface area contributed by atoms with Crippen LogP contribution in [0, 0.1) is 0 Å². The molecule has 0 saturated carbocycles. The normalized spacial score (nSPS) is 17.3. The molecule has 1 aromatic carbocycles. The number of nitrogens with one attached hydrogen (secondary N) is 1. The Morgan fingerprint density at radius 1 is 1.21 bits per heavy atom. The lowest BCUT2D eigenvalue weighted by atomic mass is 10.2. The summed E-state index contributed by atoms with van der Waals surface area (Å²) in [5, 5.41) is 13.0. The molecule has 29 heavy (non-hydrogen) atoms. The standard InChI is InChI=1S/C19H22N6O3S/c26-17(14-24-19(27)25(22-21-24)18-7-4-10-29-18)20-11-16-13-23(8-9-28-16)12-15-5-2-1-3-6-15/h1-7,10,16H,8-9,11-14H2,(H,20,26). The maximum absolute atomic E-state index is 12.3. The van der Waals surface area contributed by atoms with Crippen LogP contribution in [-0.2, 0) is 22.6 Å². The minimum atomic E-state index is -0.439. The summed E-state index contributed by atoms with van der Waals surface area (Å²) < 4.78 is 8.01. The second-order valence-electron chi connectivity index (χ2n) is 6.80. The van der Waals surface area contributed by atoms with E-state index in [0.717, 1.165) is 24.3 Å². The molecule has 1 saturated heterocycles. The number of benzene rings is 1. The lowest BCUT2D eigenvalue weighted by Crippen LogP contribution is -2.47. The Balaban J connectivity index is 1.27. The molecule has 0 bridgehead atoms. The summed E-state index contributed by atoms with van der Waals surface area (Å²) in [4.78, 5) is 26.9. The third-order valence-electron chi connectivity index (χ3n) is 4.65. The summed E-state index contributed by atoms with van der Waals surface area (Å²) in [6.45, 7) is 3.30. The largest absolute Gasteiger partial charge is 0.374 e. The molecule has 0 spiro atoms. The van der Waals surface area contributed by atoms with Crippen LogP contribution in [0.15, 0.2) is 52.6 Å². The fraction of sp³-hybridized carbons (Fsp3) is 0.368. The molecule has 9 nitrogen and oxygen atoms in total. The molecular formula is C19H22N6O3S. The van der Waals surface area contributed by atoms with Crippen molar-refractivity contribution in [2.45, 2.75) is 19.2 Å². The minimum Gasteiger partial charge on any atom is -0.374 e. The van der Waals surface area contributed by atoms with E-state index in [1.165, 1.54) is 21.6 Å². The van der Waals surface area contributed by atoms with Crippen LogP contribution >= 0.6 is 11.3 Å². The van der Waals surface area contributed by atoms with Gasteiger partial charge in [0.1, 0.15) is 11.5 Å². The van der Waals surface area contributed by atoms with Gasteiger partial charge >= 0.3 is 5.69 Å². The van der Waals surface area contributed by atoms with Gasteiger partial charge in [-0.15, -0.1) is 11.3 Å². The molecule has 0 aliphatic carbocycles. The lowest BCUT2D eigenvalue weighted by molar-refractivity contribution is -0.123. The van der Waals surface area contributed by atoms with Gasteiger partial charge in [-0.05, 0) is 33.5 Å². The van der Waals surface area contributed by atoms with E-state index < -0.39 is 5.69 Å². The number of rotatable bonds is 7. The molecule has 4 rings (SSSR count). The van der Waals surface area contributed by atoms with Crippen molar-refractivity contribution in [1.29, 1.82) is 0 Å². The van der Waals surface area contributed by atoms with Crippen molar-refractivity contribution in [2.75, 3.05) is 26.2 Å². The van der Waals surface area contributed by atoms with E-state index >= 15 is 0 Å². The first-order valence-corrected chi connectivity index (χ1v) is 10.3. The highest BCUT2D eigenvalue weighted by Crippen LogP contribution is 2.11. The van der Waals surface area contributed by atoms with Crippen molar-refractivity contribution in [3.8, 4) is 5.00 Å². The Kier molecular flexibility index (Phi) is 6.13. The molecule has 3 aromatic rings. The van der Waals surface area contributed by atoms with Crippen molar-refractivity contribution in [1.82, 2.24) is 30.0 Å². The summed E-state index contributed by atoms with van der Waals surface area (Å²) in [7, 11) is 0. The van der Waals surface area contributed by atoms with E-state index in [-0.39, 0.29) is 18.6 Å². The van der Waals surface area contributed by atoms with E-state index in [2.05, 4.69) is 32.8 Å². The Bertz CT molecular complexity index is 985. The molecule has 3 heterocycles. The number of thiophene rings is 1. The monoisotopic (exact) mass is 414 g/mol. The van der Waals surface area contributed by atoms with Gasteiger partial charge in [0.05, 0.1) is 12.7 Å². The van der Waals surface area contributed by atoms with Gasteiger partial charge in [-0.1, -0.05) is 30.3 Å². The molecule has 1 fully saturated rings. The molecule has 1 amide bonds. The first kappa shape index (κ1) is 19.5. The first-order chi connectivity index (χ1) is 14.2. The fourth-order valence-electron chi connectivity index (χ4n) is 3.21. The summed E-state index contributed by atoms with van der Waals surface area (Å²) in [5.74, 6) is -0.297. The third-order valence-corrected chi connectivity index (χ3v) is 5.49. The quantitative estimate of drug-likeness (QED) is 0.605. The SMILES string of the molecule is O=C(Cn1nnn(-c2cccs2)c1=O)NCC1CN(Cc2ccccc2)CCO1. The Labute approximate surface area is 171 Å². The van der Waals surface area contributed by atoms with E-state index in [1.54, 1.807) is 6.07 Å². The van der Waals surface area contributed by atoms with Crippen LogP contribution in [0.1, 0.15) is 5.56 Å². The summed E-state index contributed by atoms with van der Waals surface area (Å²) in [6, 6.07) is 13.9. The van der Waals surface area contributed by atoms with Crippen LogP contribution in [-0.4, -0.2) is 62.9 Å². The molecular weight excluding hydrogens is 392 g/mol. The van der Waals surface area contributed by atoms with Crippen molar-refractivity contribution in [3.05, 3.63) is 63.9 Å². The molecule has 1 aliphatic rings. The van der Waals surface area contributed by atoms with Gasteiger partial charge in [-0.2, -0.15) is 9.36 Å². The number of morpholine rings is 1. The van der Waals surface area contributed by atoms with Gasteiger partial charge in [-0.25, -0.2) is 4.79 Å². The first-order valence-electron chi connectivity index (χ1n) is 9.40. The fourth-order valence-corrected chi connectivity index (χ4v) is 3.88. The Hall–Kier alpha value is -2.82. The second kappa shape index (κ2) is 9.12. The number of carbonyl (C=O) groups excluding carboxylic acids is 1. The molecule has 1 aliphatic heterocycles. The highest BCUT2D eigenvalue weighted by Gasteiger charge is 2.21. The van der Waals surface area contributed by atoms with Gasteiger partial charge < -0.3 is 10.1 Å². The number of nitrogens with zero attached hydrogens (tertiary/aromatic N) is 5. The molecule has 1 atom stereocenters. The molecule has 1 unspecified atom stereocenters. The van der Waals surface area contributed by atoms with Crippen LogP contribution in [0.3, 0.4) is 0 Å². The van der Waals surface area contributed by atoms with Crippen molar-refractivity contribution in [2.24, 2.45) is 0 Å². The lowest BCUT2D eigenvalue weighted by Gasteiger charge is -2.33. The van der Waals surface area contributed by atoms with E-state index in [1.807, 2.05) is 29.6 Å². The van der Waals surface area contributed by atoms with Gasteiger partial charge in [0.15, 0.2) is 0 Å². The highest BCUT2D eigenvalue weighted by atomic mass is 32.1. The Morgan fingerprint density at radius 2 is 2.07 bits per heavy atom. The number of carbonyl (C=O) groups is 1. The van der Waals surface area contributed by atoms with Crippen LogP contribution in [0.5, 0.6) is 0 Å². The van der Waals surface area contributed by atoms with Crippen molar-refractivity contribution in [3.63, 3.8) is 0 Å². The van der Waals surface area contributed by atoms with Crippen LogP contribution in [0.25, 0.3) is 5.00 Å². The Morgan fingerprint density at radius 3 is 2.86 bits per heavy atom. The third kappa shape index (κ3) is 4.97. The summed E-state index contributed by atoms with van der Waals surface area (Å²) in [6.07, 6.45) is -0.0880. The zero-order chi connectivity index (χ0) is 20.1. The van der Waals surface area contributed by atoms with E-state index in [9.17, 15) is 9.59 Å². The maximum Gasteiger partial charge on any atom is 0.369 e. The second-order valence-corrected chi connectivity index (χ2v) is 7.73. The molecule has 2 aromatic heterocycles. The number of ether oxygens (including phenoxy) is 1. The summed E-state index contributed by atoms with van der Waals surface area (Å²) in [5.41, 5.74) is 0.816. The van der Waals surface area contributed by atoms with Crippen LogP contribution in [0.2, 0.25) is 0 Å². The van der Waals surface area contributed by atoms with Crippen molar-refractivity contribution < 1.29 is 9.53 Å². The average molecular weight is 414 g/mol. The van der Waals surface area contributed by atoms with Gasteiger partial charge in [0.25, 0.3) is 0 Å². The zero-order valence-corrected chi connectivity index (χ0v) is 16.6. The number of aromatic nitrogens is 4. The maximum atomic E-state index is 12.3.